The Hall–Kier alpha value is -7.59. The van der Waals surface area contributed by atoms with E-state index in [1.54, 1.807) is 23.6 Å². The van der Waals surface area contributed by atoms with Gasteiger partial charge in [-0.05, 0) is 131 Å². The number of phenolic OH excluding ortho intramolecular Hbond substituents is 1. The second-order valence-electron chi connectivity index (χ2n) is 20.7. The minimum absolute atomic E-state index is 0.0189. The van der Waals surface area contributed by atoms with E-state index in [0.717, 1.165) is 73.0 Å². The number of carbonyl (C=O) groups excluding carboxylic acids is 4. The highest BCUT2D eigenvalue weighted by Crippen LogP contribution is 2.48. The van der Waals surface area contributed by atoms with Crippen molar-refractivity contribution >= 4 is 58.5 Å². The maximum atomic E-state index is 14.6. The average Bonchev–Trinajstić information content (AvgIpc) is 4.17. The highest BCUT2D eigenvalue weighted by atomic mass is 16.6. The molecule has 16 heteroatoms. The van der Waals surface area contributed by atoms with Gasteiger partial charge in [0.1, 0.15) is 18.3 Å². The Bertz CT molecular complexity index is 3670. The standard InChI is InChI=1S/C57H59N7O9/c1-11-33-27(5)39-19-37-25(3)26(4)38(58-37)20-40-28(6)34(51(60-40)48-49(55(69)71-10)53(67)47-29(7)41(61-52(47)48)21-43(33)59-39)13-14-46(66)73-57(12-2)36-18-44-50-32(23-64(44)54(68)35(36)24-72-56(57)70)15-30-17-45(65)31(22-63(8)9)16-42(30)62-50/h15-21,28,34,41,49,58-60,65H,11-14,22-24H2,1-10H3/b39-19+,40-20-,43-21-,51-48?/t28-,34?,41?,49?,57?/m1/s1. The Morgan fingerprint density at radius 2 is 1.74 bits per heavy atom. The summed E-state index contributed by atoms with van der Waals surface area (Å²) in [4.78, 5) is 91.1. The highest BCUT2D eigenvalue weighted by molar-refractivity contribution is 6.42. The van der Waals surface area contributed by atoms with Crippen LogP contribution < -0.4 is 21.6 Å². The number of aromatic nitrogens is 4. The molecular weight excluding hydrogens is 927 g/mol. The Morgan fingerprint density at radius 1 is 0.986 bits per heavy atom. The van der Waals surface area contributed by atoms with Gasteiger partial charge < -0.3 is 44.1 Å². The second kappa shape index (κ2) is 17.3. The molecule has 6 aliphatic rings. The van der Waals surface area contributed by atoms with E-state index in [0.29, 0.717) is 51.6 Å². The number of nitrogens with zero attached hydrogens (tertiary/aromatic N) is 4. The van der Waals surface area contributed by atoms with Crippen molar-refractivity contribution in [2.45, 2.75) is 105 Å². The molecule has 1 saturated carbocycles. The van der Waals surface area contributed by atoms with Gasteiger partial charge in [0.05, 0.1) is 47.9 Å². The predicted molar refractivity (Wildman–Crippen MR) is 274 cm³/mol. The molecule has 9 heterocycles. The van der Waals surface area contributed by atoms with Gasteiger partial charge >= 0.3 is 17.9 Å². The normalized spacial score (nSPS) is 24.0. The van der Waals surface area contributed by atoms with Crippen LogP contribution in [0.25, 0.3) is 40.5 Å². The number of esters is 3. The van der Waals surface area contributed by atoms with E-state index >= 15 is 0 Å². The number of ether oxygens (including phenoxy) is 3. The van der Waals surface area contributed by atoms with Crippen LogP contribution in [0.1, 0.15) is 103 Å². The van der Waals surface area contributed by atoms with Crippen LogP contribution in [0.4, 0.5) is 0 Å². The van der Waals surface area contributed by atoms with Crippen LogP contribution >= 0.6 is 0 Å². The summed E-state index contributed by atoms with van der Waals surface area (Å²) >= 11 is 0. The highest BCUT2D eigenvalue weighted by Gasteiger charge is 2.53. The molecule has 1 saturated heterocycles. The van der Waals surface area contributed by atoms with Crippen LogP contribution in [0.5, 0.6) is 5.75 Å². The average molecular weight is 986 g/mol. The van der Waals surface area contributed by atoms with Gasteiger partial charge in [-0.1, -0.05) is 20.8 Å². The number of allylic oxidation sites excluding steroid dienone is 3. The molecule has 0 radical (unpaired) electrons. The van der Waals surface area contributed by atoms with Crippen LogP contribution in [-0.4, -0.2) is 86.2 Å². The molecule has 5 atom stereocenters. The zero-order valence-corrected chi connectivity index (χ0v) is 42.8. The van der Waals surface area contributed by atoms with E-state index in [2.05, 4.69) is 61.2 Å². The number of aromatic amines is 2. The van der Waals surface area contributed by atoms with Crippen LogP contribution in [0.3, 0.4) is 0 Å². The van der Waals surface area contributed by atoms with E-state index in [1.165, 1.54) is 7.11 Å². The van der Waals surface area contributed by atoms with Crippen LogP contribution in [-0.2, 0) is 65.1 Å². The molecule has 376 valence electrons. The molecule has 73 heavy (non-hydrogen) atoms. The van der Waals surface area contributed by atoms with E-state index in [4.69, 9.17) is 24.2 Å². The first-order valence-corrected chi connectivity index (χ1v) is 25.1. The van der Waals surface area contributed by atoms with Crippen molar-refractivity contribution < 1.29 is 38.5 Å². The lowest BCUT2D eigenvalue weighted by atomic mass is 9.84. The lowest BCUT2D eigenvalue weighted by Crippen LogP contribution is -2.47. The van der Waals surface area contributed by atoms with Gasteiger partial charge in [-0.2, -0.15) is 0 Å². The maximum absolute atomic E-state index is 14.6. The number of ketones is 1. The van der Waals surface area contributed by atoms with Crippen molar-refractivity contribution in [3.05, 3.63) is 129 Å². The second-order valence-corrected chi connectivity index (χ2v) is 20.7. The molecule has 4 aromatic heterocycles. The van der Waals surface area contributed by atoms with Gasteiger partial charge in [0.25, 0.3) is 5.56 Å². The number of cyclic esters (lactones) is 1. The summed E-state index contributed by atoms with van der Waals surface area (Å²) in [7, 11) is 5.09. The molecule has 11 rings (SSSR count). The summed E-state index contributed by atoms with van der Waals surface area (Å²) in [6.07, 6.45) is 7.00. The number of hydrogen-bond donors (Lipinski definition) is 4. The molecule has 0 amide bonds. The lowest BCUT2D eigenvalue weighted by molar-refractivity contribution is -0.189. The third kappa shape index (κ3) is 7.22. The smallest absolute Gasteiger partial charge is 0.355 e. The first-order chi connectivity index (χ1) is 34.9. The van der Waals surface area contributed by atoms with Crippen molar-refractivity contribution in [2.24, 2.45) is 22.7 Å². The quantitative estimate of drug-likeness (QED) is 0.0792. The molecule has 0 spiro atoms. The molecular formula is C57H59N7O9. The molecule has 4 unspecified atom stereocenters. The molecule has 5 aromatic rings. The number of nitrogens with one attached hydrogen (secondary N) is 3. The number of pyridine rings is 2. The van der Waals surface area contributed by atoms with Crippen LogP contribution in [0, 0.1) is 38.5 Å². The van der Waals surface area contributed by atoms with Gasteiger partial charge in [-0.25, -0.2) is 9.78 Å². The fourth-order valence-corrected chi connectivity index (χ4v) is 12.1. The Labute approximate surface area is 421 Å². The summed E-state index contributed by atoms with van der Waals surface area (Å²) in [5, 5.41) is 17.1. The third-order valence-electron chi connectivity index (χ3n) is 16.3. The minimum Gasteiger partial charge on any atom is -0.508 e. The lowest BCUT2D eigenvalue weighted by Gasteiger charge is -2.35. The van der Waals surface area contributed by atoms with Crippen molar-refractivity contribution in [1.82, 2.24) is 29.7 Å². The Kier molecular flexibility index (Phi) is 11.3. The van der Waals surface area contributed by atoms with Gasteiger partial charge in [-0.15, -0.1) is 0 Å². The molecule has 8 bridgehead atoms. The summed E-state index contributed by atoms with van der Waals surface area (Å²) in [6.45, 7) is 14.4. The minimum atomic E-state index is -1.94. The molecule has 2 fully saturated rings. The van der Waals surface area contributed by atoms with E-state index in [1.807, 2.05) is 45.0 Å². The van der Waals surface area contributed by atoms with Gasteiger partial charge in [0.2, 0.25) is 5.60 Å². The van der Waals surface area contributed by atoms with Crippen LogP contribution in [0.2, 0.25) is 0 Å². The number of H-pyrrole nitrogens is 2. The first kappa shape index (κ1) is 47.7. The summed E-state index contributed by atoms with van der Waals surface area (Å²) in [5.74, 6) is -4.46. The SMILES string of the molecule is CCc1c(C)/c2[nH]/c1=C\C1N=C3C(=C1C)C(=O)C(C(=O)OC)C3=C1N/C(=C\c3[nH]c(c(C)c3C)/C=2)[C@H](C)C1CCC(=O)OC1(CC)C(=O)OCc2c1cc1n(c2=O)Cc2cc3cc(O)c(CN(C)C)cc3nc2-1. The summed E-state index contributed by atoms with van der Waals surface area (Å²) in [6, 6.07) is 6.68. The van der Waals surface area contributed by atoms with Crippen molar-refractivity contribution in [1.29, 1.82) is 0 Å². The Balaban J connectivity index is 0.987. The largest absolute Gasteiger partial charge is 0.508 e. The number of carbonyl (C=O) groups is 4. The topological polar surface area (TPSA) is 210 Å². The van der Waals surface area contributed by atoms with Gasteiger partial charge in [0.15, 0.2) is 5.78 Å². The van der Waals surface area contributed by atoms with Gasteiger partial charge in [-0.3, -0.25) is 24.2 Å². The summed E-state index contributed by atoms with van der Waals surface area (Å²) < 4.78 is 19.0. The number of aliphatic imine (C=N–C) groups is 1. The molecule has 5 aliphatic heterocycles. The van der Waals surface area contributed by atoms with Crippen molar-refractivity contribution in [2.75, 3.05) is 21.2 Å². The van der Waals surface area contributed by atoms with E-state index in [-0.39, 0.29) is 66.6 Å². The monoisotopic (exact) mass is 985 g/mol. The fourth-order valence-electron chi connectivity index (χ4n) is 12.1. The van der Waals surface area contributed by atoms with Crippen molar-refractivity contribution in [3.63, 3.8) is 0 Å². The van der Waals surface area contributed by atoms with Crippen LogP contribution in [0.15, 0.2) is 62.2 Å². The molecule has 1 aromatic carbocycles. The number of aromatic hydroxyl groups is 1. The van der Waals surface area contributed by atoms with Gasteiger partial charge in [0, 0.05) is 91.5 Å². The number of fused-ring (bicyclic) bond motifs is 12. The summed E-state index contributed by atoms with van der Waals surface area (Å²) in [5.41, 5.74) is 10.9. The number of methoxy groups -OCH3 is 1. The third-order valence-corrected chi connectivity index (χ3v) is 16.3. The number of benzene rings is 1. The molecule has 4 N–H and O–H groups in total. The first-order valence-electron chi connectivity index (χ1n) is 25.1. The number of Topliss-reactive ketones (excluding diaryl/α,β-unsaturated/α-hetero) is 1. The zero-order chi connectivity index (χ0) is 51.7. The van der Waals surface area contributed by atoms with E-state index < -0.39 is 41.4 Å². The fraction of sp³-hybridized carbons (Fsp3) is 0.386. The van der Waals surface area contributed by atoms with E-state index in [9.17, 15) is 29.1 Å². The maximum Gasteiger partial charge on any atom is 0.355 e. The zero-order valence-electron chi connectivity index (χ0n) is 42.8. The molecule has 16 nitrogen and oxygen atoms in total. The van der Waals surface area contributed by atoms with Crippen molar-refractivity contribution in [3.8, 4) is 17.1 Å². The molecule has 1 aliphatic carbocycles. The number of phenols is 1. The number of hydrogen-bond acceptors (Lipinski definition) is 13. The Morgan fingerprint density at radius 3 is 2.45 bits per heavy atom. The number of rotatable bonds is 9. The predicted octanol–water partition coefficient (Wildman–Crippen LogP) is 5.61.